The normalized spacial score (nSPS) is 13.2. The van der Waals surface area contributed by atoms with E-state index in [4.69, 9.17) is 0 Å². The van der Waals surface area contributed by atoms with E-state index >= 15 is 0 Å². The molecule has 0 bridgehead atoms. The highest BCUT2D eigenvalue weighted by atomic mass is 16.2. The molecule has 142 valence electrons. The van der Waals surface area contributed by atoms with Crippen LogP contribution < -0.4 is 5.32 Å². The van der Waals surface area contributed by atoms with Crippen LogP contribution in [0.3, 0.4) is 0 Å². The van der Waals surface area contributed by atoms with Gasteiger partial charge in [-0.3, -0.25) is 4.79 Å². The van der Waals surface area contributed by atoms with E-state index in [0.29, 0.717) is 5.92 Å². The van der Waals surface area contributed by atoms with Crippen LogP contribution in [-0.4, -0.2) is 5.91 Å². The predicted octanol–water partition coefficient (Wildman–Crippen LogP) is 6.71. The Morgan fingerprint density at radius 1 is 1.19 bits per heavy atom. The molecule has 0 fully saturated rings. The zero-order valence-electron chi connectivity index (χ0n) is 17.0. The van der Waals surface area contributed by atoms with Crippen LogP contribution in [0.5, 0.6) is 0 Å². The van der Waals surface area contributed by atoms with Crippen molar-refractivity contribution in [1.82, 2.24) is 0 Å². The second-order valence-electron chi connectivity index (χ2n) is 7.48. The van der Waals surface area contributed by atoms with Crippen molar-refractivity contribution in [3.05, 3.63) is 66.8 Å². The van der Waals surface area contributed by atoms with Gasteiger partial charge in [0.05, 0.1) is 0 Å². The number of carbonyl (C=O) groups excluding carboxylic acids is 1. The highest BCUT2D eigenvalue weighted by Gasteiger charge is 2.25. The van der Waals surface area contributed by atoms with Gasteiger partial charge >= 0.3 is 0 Å². The first-order chi connectivity index (χ1) is 12.4. The van der Waals surface area contributed by atoms with Crippen LogP contribution in [0.15, 0.2) is 61.2 Å². The maximum absolute atomic E-state index is 12.6. The Kier molecular flexibility index (Phi) is 9.12. The SMILES string of the molecule is C=C/C=C(\C=C)C(CCC)CCc1ccccc1NC(=O)C(C)(C)CC. The molecule has 1 aromatic rings. The average molecular weight is 354 g/mol. The monoisotopic (exact) mass is 353 g/mol. The van der Waals surface area contributed by atoms with E-state index in [1.54, 1.807) is 0 Å². The summed E-state index contributed by atoms with van der Waals surface area (Å²) in [5.41, 5.74) is 3.01. The Balaban J connectivity index is 2.93. The number of carbonyl (C=O) groups is 1. The van der Waals surface area contributed by atoms with Crippen LogP contribution in [0.4, 0.5) is 5.69 Å². The van der Waals surface area contributed by atoms with Gasteiger partial charge < -0.3 is 5.32 Å². The molecular formula is C24H35NO. The maximum atomic E-state index is 12.6. The predicted molar refractivity (Wildman–Crippen MR) is 114 cm³/mol. The molecule has 0 radical (unpaired) electrons. The molecule has 0 spiro atoms. The van der Waals surface area contributed by atoms with Gasteiger partial charge in [0.2, 0.25) is 5.91 Å². The minimum atomic E-state index is -0.361. The minimum absolute atomic E-state index is 0.0795. The number of amides is 1. The minimum Gasteiger partial charge on any atom is -0.325 e. The van der Waals surface area contributed by atoms with Gasteiger partial charge in [0.1, 0.15) is 0 Å². The molecule has 0 saturated carbocycles. The van der Waals surface area contributed by atoms with Gasteiger partial charge in [-0.1, -0.05) is 83.7 Å². The molecule has 0 saturated heterocycles. The number of anilines is 1. The zero-order valence-corrected chi connectivity index (χ0v) is 17.0. The van der Waals surface area contributed by atoms with Crippen molar-refractivity contribution in [2.24, 2.45) is 11.3 Å². The number of para-hydroxylation sites is 1. The Bertz CT molecular complexity index is 639. The Morgan fingerprint density at radius 3 is 2.46 bits per heavy atom. The molecule has 1 rings (SSSR count). The van der Waals surface area contributed by atoms with E-state index in [2.05, 4.69) is 37.5 Å². The highest BCUT2D eigenvalue weighted by Crippen LogP contribution is 2.28. The molecule has 1 N–H and O–H groups in total. The molecule has 0 aliphatic heterocycles. The van der Waals surface area contributed by atoms with Gasteiger partial charge in [-0.15, -0.1) is 0 Å². The fraction of sp³-hybridized carbons (Fsp3) is 0.458. The van der Waals surface area contributed by atoms with E-state index in [-0.39, 0.29) is 11.3 Å². The first kappa shape index (κ1) is 22.0. The van der Waals surface area contributed by atoms with Crippen molar-refractivity contribution in [2.75, 3.05) is 5.32 Å². The van der Waals surface area contributed by atoms with Gasteiger partial charge in [-0.2, -0.15) is 0 Å². The molecule has 1 unspecified atom stereocenters. The Hall–Kier alpha value is -2.09. The third-order valence-corrected chi connectivity index (χ3v) is 5.18. The van der Waals surface area contributed by atoms with E-state index in [9.17, 15) is 4.79 Å². The average Bonchev–Trinajstić information content (AvgIpc) is 2.64. The summed E-state index contributed by atoms with van der Waals surface area (Å²) >= 11 is 0. The van der Waals surface area contributed by atoms with Crippen molar-refractivity contribution in [3.8, 4) is 0 Å². The molecule has 1 atom stereocenters. The number of benzene rings is 1. The summed E-state index contributed by atoms with van der Waals surface area (Å²) in [4.78, 5) is 12.6. The molecule has 26 heavy (non-hydrogen) atoms. The van der Waals surface area contributed by atoms with Crippen LogP contribution >= 0.6 is 0 Å². The second-order valence-corrected chi connectivity index (χ2v) is 7.48. The standard InChI is InChI=1S/C24H35NO/c1-7-13-19(9-3)20(14-8-2)17-18-21-15-11-12-16-22(21)25-23(26)24(5,6)10-4/h7,9,11-13,15-16,20H,1,3,8,10,14,17-18H2,2,4-6H3,(H,25,26)/b19-13+. The van der Waals surface area contributed by atoms with Crippen molar-refractivity contribution in [1.29, 1.82) is 0 Å². The van der Waals surface area contributed by atoms with Crippen LogP contribution in [-0.2, 0) is 11.2 Å². The van der Waals surface area contributed by atoms with E-state index in [0.717, 1.165) is 37.8 Å². The summed E-state index contributed by atoms with van der Waals surface area (Å²) in [5, 5.41) is 3.14. The maximum Gasteiger partial charge on any atom is 0.230 e. The molecule has 0 aliphatic rings. The molecule has 0 aliphatic carbocycles. The molecule has 1 amide bonds. The Labute approximate surface area is 160 Å². The summed E-state index contributed by atoms with van der Waals surface area (Å²) in [7, 11) is 0. The smallest absolute Gasteiger partial charge is 0.230 e. The molecule has 1 aromatic carbocycles. The largest absolute Gasteiger partial charge is 0.325 e. The first-order valence-electron chi connectivity index (χ1n) is 9.74. The van der Waals surface area contributed by atoms with Crippen molar-refractivity contribution in [3.63, 3.8) is 0 Å². The van der Waals surface area contributed by atoms with Gasteiger partial charge in [0, 0.05) is 11.1 Å². The van der Waals surface area contributed by atoms with Crippen molar-refractivity contribution < 1.29 is 4.79 Å². The first-order valence-corrected chi connectivity index (χ1v) is 9.74. The van der Waals surface area contributed by atoms with E-state index in [1.165, 1.54) is 11.1 Å². The fourth-order valence-electron chi connectivity index (χ4n) is 2.98. The molecule has 0 aromatic heterocycles. The third-order valence-electron chi connectivity index (χ3n) is 5.18. The number of aryl methyl sites for hydroxylation is 1. The lowest BCUT2D eigenvalue weighted by Gasteiger charge is -2.23. The lowest BCUT2D eigenvalue weighted by Crippen LogP contribution is -2.30. The fourth-order valence-corrected chi connectivity index (χ4v) is 2.98. The van der Waals surface area contributed by atoms with Crippen molar-refractivity contribution >= 4 is 11.6 Å². The summed E-state index contributed by atoms with van der Waals surface area (Å²) in [6.07, 6.45) is 10.9. The zero-order chi connectivity index (χ0) is 19.6. The molecular weight excluding hydrogens is 318 g/mol. The topological polar surface area (TPSA) is 29.1 Å². The second kappa shape index (κ2) is 10.8. The van der Waals surface area contributed by atoms with Crippen LogP contribution in [0, 0.1) is 11.3 Å². The van der Waals surface area contributed by atoms with Crippen molar-refractivity contribution in [2.45, 2.75) is 59.8 Å². The van der Waals surface area contributed by atoms with Gasteiger partial charge in [0.15, 0.2) is 0 Å². The highest BCUT2D eigenvalue weighted by molar-refractivity contribution is 5.95. The van der Waals surface area contributed by atoms with Gasteiger partial charge in [-0.25, -0.2) is 0 Å². The molecule has 2 heteroatoms. The summed E-state index contributed by atoms with van der Waals surface area (Å²) in [6, 6.07) is 8.14. The van der Waals surface area contributed by atoms with Gasteiger partial charge in [0.25, 0.3) is 0 Å². The number of rotatable bonds is 11. The molecule has 0 heterocycles. The molecule has 2 nitrogen and oxygen atoms in total. The number of hydrogen-bond donors (Lipinski definition) is 1. The van der Waals surface area contributed by atoms with E-state index < -0.39 is 0 Å². The third kappa shape index (κ3) is 6.33. The number of nitrogens with one attached hydrogen (secondary N) is 1. The summed E-state index contributed by atoms with van der Waals surface area (Å²) < 4.78 is 0. The van der Waals surface area contributed by atoms with Crippen LogP contribution in [0.2, 0.25) is 0 Å². The lowest BCUT2D eigenvalue weighted by atomic mass is 9.87. The Morgan fingerprint density at radius 2 is 1.88 bits per heavy atom. The van der Waals surface area contributed by atoms with E-state index in [1.807, 2.05) is 51.1 Å². The quantitative estimate of drug-likeness (QED) is 0.440. The van der Waals surface area contributed by atoms with Gasteiger partial charge in [-0.05, 0) is 48.8 Å². The lowest BCUT2D eigenvalue weighted by molar-refractivity contribution is -0.124. The summed E-state index contributed by atoms with van der Waals surface area (Å²) in [5.74, 6) is 0.544. The summed E-state index contributed by atoms with van der Waals surface area (Å²) in [6.45, 7) is 16.0. The number of allylic oxidation sites excluding steroid dienone is 4. The number of hydrogen-bond acceptors (Lipinski definition) is 1. The van der Waals surface area contributed by atoms with Crippen LogP contribution in [0.25, 0.3) is 0 Å². The van der Waals surface area contributed by atoms with Crippen LogP contribution in [0.1, 0.15) is 58.9 Å².